The summed E-state index contributed by atoms with van der Waals surface area (Å²) in [4.78, 5) is 31.4. The molecule has 0 atom stereocenters. The minimum absolute atomic E-state index is 0.0122. The molecule has 4 rings (SSSR count). The number of nitrogens with one attached hydrogen (secondary N) is 1. The summed E-state index contributed by atoms with van der Waals surface area (Å²) in [5.74, 6) is 2.28. The van der Waals surface area contributed by atoms with Crippen LogP contribution >= 0.6 is 0 Å². The van der Waals surface area contributed by atoms with Gasteiger partial charge < -0.3 is 24.3 Å². The molecule has 0 saturated heterocycles. The quantitative estimate of drug-likeness (QED) is 0.730. The van der Waals surface area contributed by atoms with Crippen LogP contribution in [0.25, 0.3) is 0 Å². The molecule has 2 aliphatic rings. The molecule has 2 aromatic rings. The Hall–Kier alpha value is -3.03. The molecule has 1 aliphatic carbocycles. The second-order valence-electron chi connectivity index (χ2n) is 7.58. The maximum atomic E-state index is 12.6. The van der Waals surface area contributed by atoms with Gasteiger partial charge in [0, 0.05) is 31.4 Å². The van der Waals surface area contributed by atoms with E-state index in [4.69, 9.17) is 9.47 Å². The van der Waals surface area contributed by atoms with E-state index in [2.05, 4.69) is 10.3 Å². The lowest BCUT2D eigenvalue weighted by atomic mass is 10.1. The molecule has 0 unspecified atom stereocenters. The first kappa shape index (κ1) is 19.3. The number of carbonyl (C=O) groups is 2. The van der Waals surface area contributed by atoms with Crippen molar-refractivity contribution in [3.05, 3.63) is 41.5 Å². The van der Waals surface area contributed by atoms with Gasteiger partial charge in [-0.25, -0.2) is 4.98 Å². The molecule has 0 radical (unpaired) electrons. The minimum Gasteiger partial charge on any atom is -0.497 e. The molecular formula is C21H26N4O4. The number of amides is 2. The number of benzene rings is 1. The van der Waals surface area contributed by atoms with Crippen molar-refractivity contribution >= 4 is 11.8 Å². The summed E-state index contributed by atoms with van der Waals surface area (Å²) in [5.41, 5.74) is 1.44. The molecule has 1 fully saturated rings. The molecule has 2 heterocycles. The van der Waals surface area contributed by atoms with Gasteiger partial charge in [0.25, 0.3) is 5.91 Å². The maximum Gasteiger partial charge on any atom is 0.289 e. The Morgan fingerprint density at radius 1 is 1.24 bits per heavy atom. The number of carbonyl (C=O) groups excluding carboxylic acids is 2. The highest BCUT2D eigenvalue weighted by molar-refractivity contribution is 5.91. The highest BCUT2D eigenvalue weighted by Crippen LogP contribution is 2.30. The van der Waals surface area contributed by atoms with Gasteiger partial charge in [0.15, 0.2) is 5.82 Å². The number of nitrogens with zero attached hydrogens (tertiary/aromatic N) is 3. The molecule has 1 saturated carbocycles. The highest BCUT2D eigenvalue weighted by Gasteiger charge is 2.32. The molecule has 29 heavy (non-hydrogen) atoms. The summed E-state index contributed by atoms with van der Waals surface area (Å²) in [6.45, 7) is 2.58. The van der Waals surface area contributed by atoms with E-state index in [0.29, 0.717) is 28.9 Å². The average Bonchev–Trinajstić information content (AvgIpc) is 3.44. The number of fused-ring (bicyclic) bond motifs is 1. The zero-order valence-corrected chi connectivity index (χ0v) is 16.8. The molecule has 154 valence electrons. The molecule has 1 N–H and O–H groups in total. The number of hydrogen-bond acceptors (Lipinski definition) is 5. The Morgan fingerprint density at radius 2 is 2.07 bits per heavy atom. The van der Waals surface area contributed by atoms with Crippen LogP contribution in [0, 0.1) is 5.92 Å². The standard InChI is InChI=1S/C21H26N4O4/c1-28-17-5-6-18(29-2)15(9-17)10-19(26)22-11-16-13-24-7-8-25(12-14-3-4-14)21(27)20(24)23-16/h5-6,9,13-14H,3-4,7-8,10-12H2,1-2H3,(H,22,26). The first-order chi connectivity index (χ1) is 14.1. The van der Waals surface area contributed by atoms with Crippen LogP contribution in [0.2, 0.25) is 0 Å². The van der Waals surface area contributed by atoms with Gasteiger partial charge in [0.1, 0.15) is 11.5 Å². The van der Waals surface area contributed by atoms with Crippen molar-refractivity contribution in [2.75, 3.05) is 27.3 Å². The van der Waals surface area contributed by atoms with Gasteiger partial charge in [-0.1, -0.05) is 0 Å². The Labute approximate surface area is 169 Å². The molecule has 2 amide bonds. The number of aromatic nitrogens is 2. The van der Waals surface area contributed by atoms with Crippen LogP contribution in [-0.2, 0) is 24.3 Å². The Morgan fingerprint density at radius 3 is 2.79 bits per heavy atom. The topological polar surface area (TPSA) is 85.7 Å². The lowest BCUT2D eigenvalue weighted by Crippen LogP contribution is -2.41. The molecule has 0 bridgehead atoms. The summed E-state index contributed by atoms with van der Waals surface area (Å²) in [5, 5.41) is 2.88. The monoisotopic (exact) mass is 398 g/mol. The van der Waals surface area contributed by atoms with Crippen molar-refractivity contribution in [2.45, 2.75) is 32.4 Å². The number of imidazole rings is 1. The van der Waals surface area contributed by atoms with E-state index in [1.165, 1.54) is 12.8 Å². The maximum absolute atomic E-state index is 12.6. The van der Waals surface area contributed by atoms with Crippen LogP contribution in [0.4, 0.5) is 0 Å². The van der Waals surface area contributed by atoms with Gasteiger partial charge in [-0.15, -0.1) is 0 Å². The summed E-state index contributed by atoms with van der Waals surface area (Å²) in [7, 11) is 3.15. The molecular weight excluding hydrogens is 372 g/mol. The number of rotatable bonds is 8. The summed E-state index contributed by atoms with van der Waals surface area (Å²) in [6.07, 6.45) is 4.46. The van der Waals surface area contributed by atoms with E-state index >= 15 is 0 Å². The third-order valence-corrected chi connectivity index (χ3v) is 5.40. The van der Waals surface area contributed by atoms with Crippen molar-refractivity contribution in [2.24, 2.45) is 5.92 Å². The Balaban J connectivity index is 1.36. The van der Waals surface area contributed by atoms with Crippen molar-refractivity contribution in [3.63, 3.8) is 0 Å². The fourth-order valence-corrected chi connectivity index (χ4v) is 3.60. The molecule has 1 aromatic carbocycles. The first-order valence-electron chi connectivity index (χ1n) is 9.90. The highest BCUT2D eigenvalue weighted by atomic mass is 16.5. The van der Waals surface area contributed by atoms with Gasteiger partial charge in [-0.3, -0.25) is 9.59 Å². The number of ether oxygens (including phenoxy) is 2. The zero-order valence-electron chi connectivity index (χ0n) is 16.8. The fourth-order valence-electron chi connectivity index (χ4n) is 3.60. The van der Waals surface area contributed by atoms with Gasteiger partial charge in [0.2, 0.25) is 5.91 Å². The van der Waals surface area contributed by atoms with E-state index in [9.17, 15) is 9.59 Å². The van der Waals surface area contributed by atoms with Crippen molar-refractivity contribution in [1.29, 1.82) is 0 Å². The van der Waals surface area contributed by atoms with Crippen molar-refractivity contribution in [3.8, 4) is 11.5 Å². The molecule has 0 spiro atoms. The van der Waals surface area contributed by atoms with Gasteiger partial charge in [-0.2, -0.15) is 0 Å². The zero-order chi connectivity index (χ0) is 20.4. The molecule has 8 nitrogen and oxygen atoms in total. The molecule has 8 heteroatoms. The smallest absolute Gasteiger partial charge is 0.289 e. The summed E-state index contributed by atoms with van der Waals surface area (Å²) >= 11 is 0. The largest absolute Gasteiger partial charge is 0.497 e. The third-order valence-electron chi connectivity index (χ3n) is 5.40. The van der Waals surface area contributed by atoms with E-state index in [1.807, 2.05) is 15.7 Å². The fraction of sp³-hybridized carbons (Fsp3) is 0.476. The van der Waals surface area contributed by atoms with Crippen LogP contribution in [0.5, 0.6) is 11.5 Å². The lowest BCUT2D eigenvalue weighted by Gasteiger charge is -2.27. The first-order valence-corrected chi connectivity index (χ1v) is 9.90. The Bertz CT molecular complexity index is 919. The van der Waals surface area contributed by atoms with Crippen LogP contribution < -0.4 is 14.8 Å². The SMILES string of the molecule is COc1ccc(OC)c(CC(=O)NCc2cn3c(n2)C(=O)N(CC2CC2)CC3)c1. The predicted octanol–water partition coefficient (Wildman–Crippen LogP) is 1.62. The molecule has 1 aliphatic heterocycles. The van der Waals surface area contributed by atoms with Crippen LogP contribution in [-0.4, -0.2) is 53.6 Å². The van der Waals surface area contributed by atoms with Gasteiger partial charge in [-0.05, 0) is 37.0 Å². The lowest BCUT2D eigenvalue weighted by molar-refractivity contribution is -0.120. The second-order valence-corrected chi connectivity index (χ2v) is 7.58. The summed E-state index contributed by atoms with van der Waals surface area (Å²) in [6, 6.07) is 5.37. The second kappa shape index (κ2) is 8.14. The average molecular weight is 398 g/mol. The third kappa shape index (κ3) is 4.36. The van der Waals surface area contributed by atoms with Gasteiger partial charge in [0.05, 0.1) is 32.9 Å². The van der Waals surface area contributed by atoms with Crippen molar-refractivity contribution < 1.29 is 19.1 Å². The van der Waals surface area contributed by atoms with E-state index in [1.54, 1.807) is 32.4 Å². The number of hydrogen-bond donors (Lipinski definition) is 1. The van der Waals surface area contributed by atoms with E-state index < -0.39 is 0 Å². The van der Waals surface area contributed by atoms with Crippen LogP contribution in [0.3, 0.4) is 0 Å². The number of methoxy groups -OCH3 is 2. The Kier molecular flexibility index (Phi) is 5.42. The van der Waals surface area contributed by atoms with Crippen LogP contribution in [0.15, 0.2) is 24.4 Å². The molecule has 1 aromatic heterocycles. The van der Waals surface area contributed by atoms with Gasteiger partial charge >= 0.3 is 0 Å². The summed E-state index contributed by atoms with van der Waals surface area (Å²) < 4.78 is 12.4. The van der Waals surface area contributed by atoms with E-state index in [0.717, 1.165) is 25.2 Å². The minimum atomic E-state index is -0.149. The van der Waals surface area contributed by atoms with Crippen molar-refractivity contribution in [1.82, 2.24) is 19.8 Å². The van der Waals surface area contributed by atoms with Crippen LogP contribution in [0.1, 0.15) is 34.7 Å². The normalized spacial score (nSPS) is 15.8. The van der Waals surface area contributed by atoms with E-state index in [-0.39, 0.29) is 24.8 Å². The predicted molar refractivity (Wildman–Crippen MR) is 106 cm³/mol.